The van der Waals surface area contributed by atoms with Gasteiger partial charge in [-0.25, -0.2) is 8.42 Å². The molecule has 0 spiro atoms. The van der Waals surface area contributed by atoms with E-state index in [-0.39, 0.29) is 16.0 Å². The fourth-order valence-corrected chi connectivity index (χ4v) is 4.96. The number of ether oxygens (including phenoxy) is 3. The summed E-state index contributed by atoms with van der Waals surface area (Å²) in [6, 6.07) is 11.7. The SMILES string of the molecule is COc1ccc(CN(C)S(=O)(=O)c2nnc(NC(=O)c3ccc(OC)c(OC)c3)s2)cc1. The minimum atomic E-state index is -3.89. The number of hydrogen-bond acceptors (Lipinski definition) is 9. The molecule has 10 nitrogen and oxygen atoms in total. The number of nitrogens with zero attached hydrogens (tertiary/aromatic N) is 3. The second-order valence-electron chi connectivity index (χ2n) is 6.51. The first-order valence-electron chi connectivity index (χ1n) is 9.24. The number of nitrogens with one attached hydrogen (secondary N) is 1. The molecule has 1 N–H and O–H groups in total. The summed E-state index contributed by atoms with van der Waals surface area (Å²) in [6.45, 7) is 0.138. The molecule has 0 atom stereocenters. The van der Waals surface area contributed by atoms with Crippen LogP contribution in [-0.4, -0.2) is 57.2 Å². The number of carbonyl (C=O) groups excluding carboxylic acids is 1. The van der Waals surface area contributed by atoms with E-state index in [1.165, 1.54) is 27.3 Å². The molecule has 3 rings (SSSR count). The van der Waals surface area contributed by atoms with Crippen molar-refractivity contribution in [3.63, 3.8) is 0 Å². The van der Waals surface area contributed by atoms with E-state index in [1.807, 2.05) is 0 Å². The smallest absolute Gasteiger partial charge is 0.272 e. The summed E-state index contributed by atoms with van der Waals surface area (Å²) < 4.78 is 42.1. The van der Waals surface area contributed by atoms with Gasteiger partial charge in [-0.3, -0.25) is 10.1 Å². The van der Waals surface area contributed by atoms with Crippen molar-refractivity contribution >= 4 is 32.4 Å². The number of aromatic nitrogens is 2. The summed E-state index contributed by atoms with van der Waals surface area (Å²) in [5.74, 6) is 1.06. The predicted octanol–water partition coefficient (Wildman–Crippen LogP) is 2.64. The topological polar surface area (TPSA) is 120 Å². The second-order valence-corrected chi connectivity index (χ2v) is 9.70. The maximum atomic E-state index is 12.8. The molecule has 0 saturated heterocycles. The Morgan fingerprint density at radius 3 is 2.31 bits per heavy atom. The van der Waals surface area contributed by atoms with Gasteiger partial charge in [-0.05, 0) is 35.9 Å². The Balaban J connectivity index is 1.71. The summed E-state index contributed by atoms with van der Waals surface area (Å²) in [6.07, 6.45) is 0. The Labute approximate surface area is 189 Å². The first-order valence-corrected chi connectivity index (χ1v) is 11.5. The Morgan fingerprint density at radius 1 is 1.00 bits per heavy atom. The standard InChI is InChI=1S/C20H22N4O6S2/c1-24(12-13-5-8-15(28-2)9-6-13)32(26,27)20-23-22-19(31-20)21-18(25)14-7-10-16(29-3)17(11-14)30-4/h5-11H,12H2,1-4H3,(H,21,22,25). The second kappa shape index (κ2) is 9.94. The van der Waals surface area contributed by atoms with Crippen LogP contribution < -0.4 is 19.5 Å². The van der Waals surface area contributed by atoms with Crippen LogP contribution in [0.1, 0.15) is 15.9 Å². The summed E-state index contributed by atoms with van der Waals surface area (Å²) in [5.41, 5.74) is 1.07. The highest BCUT2D eigenvalue weighted by molar-refractivity contribution is 7.91. The van der Waals surface area contributed by atoms with Crippen LogP contribution in [0.2, 0.25) is 0 Å². The number of amides is 1. The van der Waals surface area contributed by atoms with Crippen LogP contribution in [0.15, 0.2) is 46.8 Å². The zero-order chi connectivity index (χ0) is 23.3. The molecule has 2 aromatic carbocycles. The number of sulfonamides is 1. The molecule has 12 heteroatoms. The normalized spacial score (nSPS) is 11.3. The highest BCUT2D eigenvalue weighted by Crippen LogP contribution is 2.29. The van der Waals surface area contributed by atoms with E-state index in [1.54, 1.807) is 43.5 Å². The van der Waals surface area contributed by atoms with Crippen molar-refractivity contribution in [1.29, 1.82) is 0 Å². The molecule has 32 heavy (non-hydrogen) atoms. The number of carbonyl (C=O) groups is 1. The van der Waals surface area contributed by atoms with Gasteiger partial charge < -0.3 is 14.2 Å². The maximum Gasteiger partial charge on any atom is 0.272 e. The fraction of sp³-hybridized carbons (Fsp3) is 0.250. The average molecular weight is 479 g/mol. The van der Waals surface area contributed by atoms with Crippen LogP contribution in [-0.2, 0) is 16.6 Å². The lowest BCUT2D eigenvalue weighted by atomic mass is 10.2. The van der Waals surface area contributed by atoms with Crippen molar-refractivity contribution in [3.8, 4) is 17.2 Å². The molecule has 0 unspecified atom stereocenters. The van der Waals surface area contributed by atoms with E-state index in [0.29, 0.717) is 22.8 Å². The minimum Gasteiger partial charge on any atom is -0.497 e. The zero-order valence-electron chi connectivity index (χ0n) is 17.9. The van der Waals surface area contributed by atoms with Crippen LogP contribution in [0.3, 0.4) is 0 Å². The van der Waals surface area contributed by atoms with E-state index in [0.717, 1.165) is 21.2 Å². The van der Waals surface area contributed by atoms with Crippen LogP contribution in [0.5, 0.6) is 17.2 Å². The number of methoxy groups -OCH3 is 3. The van der Waals surface area contributed by atoms with Crippen molar-refractivity contribution in [2.75, 3.05) is 33.7 Å². The predicted molar refractivity (Wildman–Crippen MR) is 119 cm³/mol. The Kier molecular flexibility index (Phi) is 7.28. The van der Waals surface area contributed by atoms with Gasteiger partial charge in [0.1, 0.15) is 5.75 Å². The van der Waals surface area contributed by atoms with Gasteiger partial charge in [0.2, 0.25) is 9.47 Å². The molecule has 0 aliphatic heterocycles. The Hall–Kier alpha value is -3.22. The fourth-order valence-electron chi connectivity index (χ4n) is 2.72. The van der Waals surface area contributed by atoms with E-state index >= 15 is 0 Å². The van der Waals surface area contributed by atoms with Gasteiger partial charge in [0.25, 0.3) is 15.9 Å². The molecule has 0 bridgehead atoms. The quantitative estimate of drug-likeness (QED) is 0.466. The average Bonchev–Trinajstić information content (AvgIpc) is 3.28. The van der Waals surface area contributed by atoms with Crippen molar-refractivity contribution in [3.05, 3.63) is 53.6 Å². The summed E-state index contributed by atoms with van der Waals surface area (Å²) in [7, 11) is 2.07. The van der Waals surface area contributed by atoms with Crippen molar-refractivity contribution < 1.29 is 27.4 Å². The van der Waals surface area contributed by atoms with Gasteiger partial charge in [0.15, 0.2) is 11.5 Å². The summed E-state index contributed by atoms with van der Waals surface area (Å²) in [4.78, 5) is 12.5. The van der Waals surface area contributed by atoms with Crippen molar-refractivity contribution in [2.45, 2.75) is 10.9 Å². The van der Waals surface area contributed by atoms with Gasteiger partial charge in [-0.15, -0.1) is 10.2 Å². The lowest BCUT2D eigenvalue weighted by Crippen LogP contribution is -2.26. The van der Waals surface area contributed by atoms with E-state index < -0.39 is 15.9 Å². The third-order valence-corrected chi connectivity index (χ3v) is 7.46. The molecule has 1 heterocycles. The van der Waals surface area contributed by atoms with Gasteiger partial charge in [0, 0.05) is 19.2 Å². The number of hydrogen-bond donors (Lipinski definition) is 1. The van der Waals surface area contributed by atoms with Crippen LogP contribution in [0.25, 0.3) is 0 Å². The molecule has 3 aromatic rings. The lowest BCUT2D eigenvalue weighted by molar-refractivity contribution is 0.102. The number of anilines is 1. The molecule has 0 aliphatic rings. The largest absolute Gasteiger partial charge is 0.497 e. The third kappa shape index (κ3) is 5.15. The minimum absolute atomic E-state index is 0.0567. The molecule has 1 aromatic heterocycles. The first kappa shape index (κ1) is 23.4. The molecular weight excluding hydrogens is 456 g/mol. The van der Waals surface area contributed by atoms with E-state index in [9.17, 15) is 13.2 Å². The van der Waals surface area contributed by atoms with Gasteiger partial charge in [0.05, 0.1) is 21.3 Å². The Morgan fingerprint density at radius 2 is 1.69 bits per heavy atom. The first-order chi connectivity index (χ1) is 15.3. The number of rotatable bonds is 9. The van der Waals surface area contributed by atoms with E-state index in [4.69, 9.17) is 14.2 Å². The van der Waals surface area contributed by atoms with Gasteiger partial charge in [-0.1, -0.05) is 23.5 Å². The third-order valence-electron chi connectivity index (χ3n) is 4.47. The summed E-state index contributed by atoms with van der Waals surface area (Å²) >= 11 is 0.766. The highest BCUT2D eigenvalue weighted by atomic mass is 32.2. The molecule has 170 valence electrons. The van der Waals surface area contributed by atoms with E-state index in [2.05, 4.69) is 15.5 Å². The molecule has 0 radical (unpaired) electrons. The lowest BCUT2D eigenvalue weighted by Gasteiger charge is -2.15. The van der Waals surface area contributed by atoms with Gasteiger partial charge >= 0.3 is 0 Å². The maximum absolute atomic E-state index is 12.8. The monoisotopic (exact) mass is 478 g/mol. The van der Waals surface area contributed by atoms with Crippen LogP contribution >= 0.6 is 11.3 Å². The molecular formula is C20H22N4O6S2. The summed E-state index contributed by atoms with van der Waals surface area (Å²) in [5, 5.41) is 10.2. The molecule has 1 amide bonds. The Bertz CT molecular complexity index is 1200. The number of benzene rings is 2. The molecule has 0 fully saturated rings. The van der Waals surface area contributed by atoms with Crippen LogP contribution in [0.4, 0.5) is 5.13 Å². The molecule has 0 aliphatic carbocycles. The van der Waals surface area contributed by atoms with Crippen molar-refractivity contribution in [2.24, 2.45) is 0 Å². The zero-order valence-corrected chi connectivity index (χ0v) is 19.5. The van der Waals surface area contributed by atoms with Gasteiger partial charge in [-0.2, -0.15) is 4.31 Å². The molecule has 0 saturated carbocycles. The highest BCUT2D eigenvalue weighted by Gasteiger charge is 2.26. The van der Waals surface area contributed by atoms with Crippen molar-refractivity contribution in [1.82, 2.24) is 14.5 Å². The van der Waals surface area contributed by atoms with Crippen LogP contribution in [0, 0.1) is 0 Å².